The summed E-state index contributed by atoms with van der Waals surface area (Å²) in [6.07, 6.45) is 3.83. The van der Waals surface area contributed by atoms with E-state index in [1.807, 2.05) is 4.90 Å². The van der Waals surface area contributed by atoms with E-state index in [2.05, 4.69) is 10.0 Å². The van der Waals surface area contributed by atoms with Crippen LogP contribution in [0, 0.1) is 11.8 Å². The van der Waals surface area contributed by atoms with Gasteiger partial charge in [0.1, 0.15) is 0 Å². The number of nitrogens with one attached hydrogen (secondary N) is 2. The minimum Gasteiger partial charge on any atom is -0.342 e. The first-order valence-corrected chi connectivity index (χ1v) is 8.77. The number of carbonyl (C=O) groups is 1. The van der Waals surface area contributed by atoms with Crippen LogP contribution in [0.1, 0.15) is 25.7 Å². The van der Waals surface area contributed by atoms with Crippen molar-refractivity contribution in [1.82, 2.24) is 14.9 Å². The highest BCUT2D eigenvalue weighted by molar-refractivity contribution is 7.87. The molecule has 2 fully saturated rings. The maximum absolute atomic E-state index is 12.4. The van der Waals surface area contributed by atoms with Crippen LogP contribution in [0.25, 0.3) is 0 Å². The van der Waals surface area contributed by atoms with Crippen LogP contribution in [0.15, 0.2) is 0 Å². The van der Waals surface area contributed by atoms with Gasteiger partial charge in [-0.1, -0.05) is 0 Å². The van der Waals surface area contributed by atoms with Crippen molar-refractivity contribution < 1.29 is 13.2 Å². The third kappa shape index (κ3) is 4.69. The summed E-state index contributed by atoms with van der Waals surface area (Å²) >= 11 is 0. The summed E-state index contributed by atoms with van der Waals surface area (Å²) in [4.78, 5) is 14.3. The third-order valence-electron chi connectivity index (χ3n) is 4.05. The zero-order valence-electron chi connectivity index (χ0n) is 11.7. The highest BCUT2D eigenvalue weighted by Gasteiger charge is 2.29. The van der Waals surface area contributed by atoms with Crippen molar-refractivity contribution in [1.29, 1.82) is 0 Å². The van der Waals surface area contributed by atoms with Gasteiger partial charge in [0.25, 0.3) is 10.2 Å². The molecule has 2 rings (SSSR count). The fraction of sp³-hybridized carbons (Fsp3) is 0.917. The Kier molecular flexibility index (Phi) is 5.36. The molecule has 4 N–H and O–H groups in total. The summed E-state index contributed by atoms with van der Waals surface area (Å²) in [5.74, 6) is 0.439. The molecule has 2 saturated heterocycles. The van der Waals surface area contributed by atoms with E-state index in [9.17, 15) is 13.2 Å². The number of rotatable bonds is 4. The fourth-order valence-electron chi connectivity index (χ4n) is 2.99. The van der Waals surface area contributed by atoms with Gasteiger partial charge >= 0.3 is 0 Å². The minimum absolute atomic E-state index is 0.0775. The number of piperidine rings is 2. The molecule has 0 aromatic rings. The van der Waals surface area contributed by atoms with Crippen LogP contribution in [0.5, 0.6) is 0 Å². The molecule has 2 heterocycles. The molecule has 20 heavy (non-hydrogen) atoms. The van der Waals surface area contributed by atoms with E-state index in [4.69, 9.17) is 5.14 Å². The molecule has 0 saturated carbocycles. The molecule has 0 radical (unpaired) electrons. The van der Waals surface area contributed by atoms with Gasteiger partial charge in [-0.15, -0.1) is 0 Å². The van der Waals surface area contributed by atoms with Crippen molar-refractivity contribution >= 4 is 16.1 Å². The Balaban J connectivity index is 1.84. The van der Waals surface area contributed by atoms with E-state index < -0.39 is 10.2 Å². The summed E-state index contributed by atoms with van der Waals surface area (Å²) in [5.41, 5.74) is 0. The molecular formula is C12H24N4O3S. The standard InChI is InChI=1S/C12H24N4O3S/c13-20(18,19)15-7-10-3-2-6-16(9-10)12(17)11-4-1-5-14-8-11/h10-11,14-15H,1-9H2,(H2,13,18,19). The lowest BCUT2D eigenvalue weighted by atomic mass is 9.94. The molecule has 0 aromatic carbocycles. The Morgan fingerprint density at radius 1 is 1.35 bits per heavy atom. The van der Waals surface area contributed by atoms with Crippen LogP contribution < -0.4 is 15.2 Å². The quantitative estimate of drug-likeness (QED) is 0.621. The average molecular weight is 304 g/mol. The number of nitrogens with two attached hydrogens (primary N) is 1. The summed E-state index contributed by atoms with van der Waals surface area (Å²) in [6, 6.07) is 0. The van der Waals surface area contributed by atoms with Gasteiger partial charge in [-0.25, -0.2) is 9.86 Å². The van der Waals surface area contributed by atoms with Gasteiger partial charge in [0.15, 0.2) is 0 Å². The highest BCUT2D eigenvalue weighted by Crippen LogP contribution is 2.20. The second-order valence-electron chi connectivity index (χ2n) is 5.73. The van der Waals surface area contributed by atoms with E-state index in [1.54, 1.807) is 0 Å². The van der Waals surface area contributed by atoms with E-state index in [1.165, 1.54) is 0 Å². The Morgan fingerprint density at radius 2 is 2.15 bits per heavy atom. The van der Waals surface area contributed by atoms with Crippen LogP contribution in [0.2, 0.25) is 0 Å². The van der Waals surface area contributed by atoms with Crippen LogP contribution in [-0.4, -0.2) is 51.9 Å². The van der Waals surface area contributed by atoms with Crippen molar-refractivity contribution in [2.75, 3.05) is 32.7 Å². The van der Waals surface area contributed by atoms with E-state index in [-0.39, 0.29) is 17.7 Å². The fourth-order valence-corrected chi connectivity index (χ4v) is 3.45. The number of hydrogen-bond acceptors (Lipinski definition) is 4. The van der Waals surface area contributed by atoms with E-state index >= 15 is 0 Å². The van der Waals surface area contributed by atoms with Crippen molar-refractivity contribution in [3.05, 3.63) is 0 Å². The Morgan fingerprint density at radius 3 is 2.80 bits per heavy atom. The average Bonchev–Trinajstić information content (AvgIpc) is 2.45. The monoisotopic (exact) mass is 304 g/mol. The third-order valence-corrected chi connectivity index (χ3v) is 4.62. The van der Waals surface area contributed by atoms with Gasteiger partial charge in [-0.2, -0.15) is 8.42 Å². The Bertz CT molecular complexity index is 434. The number of likely N-dealkylation sites (tertiary alicyclic amines) is 1. The van der Waals surface area contributed by atoms with Gasteiger partial charge in [-0.05, 0) is 38.1 Å². The largest absolute Gasteiger partial charge is 0.342 e. The second kappa shape index (κ2) is 6.84. The first-order chi connectivity index (χ1) is 9.46. The smallest absolute Gasteiger partial charge is 0.274 e. The molecule has 2 aliphatic heterocycles. The van der Waals surface area contributed by atoms with Crippen LogP contribution in [-0.2, 0) is 15.0 Å². The number of amides is 1. The predicted molar refractivity (Wildman–Crippen MR) is 76.0 cm³/mol. The zero-order chi connectivity index (χ0) is 14.6. The maximum Gasteiger partial charge on any atom is 0.274 e. The molecule has 0 aliphatic carbocycles. The second-order valence-corrected chi connectivity index (χ2v) is 7.11. The zero-order valence-corrected chi connectivity index (χ0v) is 12.5. The van der Waals surface area contributed by atoms with Gasteiger partial charge in [0.2, 0.25) is 5.91 Å². The summed E-state index contributed by atoms with van der Waals surface area (Å²) < 4.78 is 24.2. The number of carbonyl (C=O) groups excluding carboxylic acids is 1. The molecular weight excluding hydrogens is 280 g/mol. The predicted octanol–water partition coefficient (Wildman–Crippen LogP) is -0.982. The van der Waals surface area contributed by atoms with Crippen molar-refractivity contribution in [2.45, 2.75) is 25.7 Å². The summed E-state index contributed by atoms with van der Waals surface area (Å²) in [6.45, 7) is 3.46. The van der Waals surface area contributed by atoms with Crippen LogP contribution in [0.3, 0.4) is 0 Å². The highest BCUT2D eigenvalue weighted by atomic mass is 32.2. The molecule has 2 aliphatic rings. The van der Waals surface area contributed by atoms with Crippen LogP contribution in [0.4, 0.5) is 0 Å². The lowest BCUT2D eigenvalue weighted by molar-refractivity contribution is -0.137. The number of hydrogen-bond donors (Lipinski definition) is 3. The normalized spacial score (nSPS) is 28.4. The number of nitrogens with zero attached hydrogens (tertiary/aromatic N) is 1. The summed E-state index contributed by atoms with van der Waals surface area (Å²) in [7, 11) is -3.65. The van der Waals surface area contributed by atoms with E-state index in [0.29, 0.717) is 13.1 Å². The van der Waals surface area contributed by atoms with Gasteiger partial charge in [0, 0.05) is 26.2 Å². The van der Waals surface area contributed by atoms with Gasteiger partial charge in [0.05, 0.1) is 5.92 Å². The summed E-state index contributed by atoms with van der Waals surface area (Å²) in [5, 5.41) is 8.19. The molecule has 0 bridgehead atoms. The van der Waals surface area contributed by atoms with Crippen molar-refractivity contribution in [3.63, 3.8) is 0 Å². The topological polar surface area (TPSA) is 105 Å². The minimum atomic E-state index is -3.65. The molecule has 2 atom stereocenters. The molecule has 0 aromatic heterocycles. The first kappa shape index (κ1) is 15.7. The van der Waals surface area contributed by atoms with E-state index in [0.717, 1.165) is 45.3 Å². The molecule has 7 nitrogen and oxygen atoms in total. The lowest BCUT2D eigenvalue weighted by Crippen LogP contribution is -2.48. The van der Waals surface area contributed by atoms with Crippen LogP contribution >= 0.6 is 0 Å². The molecule has 1 amide bonds. The van der Waals surface area contributed by atoms with Gasteiger partial charge in [-0.3, -0.25) is 4.79 Å². The SMILES string of the molecule is NS(=O)(=O)NCC1CCCN(C(=O)C2CCCNC2)C1. The van der Waals surface area contributed by atoms with Gasteiger partial charge < -0.3 is 10.2 Å². The van der Waals surface area contributed by atoms with Crippen molar-refractivity contribution in [3.8, 4) is 0 Å². The lowest BCUT2D eigenvalue weighted by Gasteiger charge is -2.36. The molecule has 0 spiro atoms. The molecule has 2 unspecified atom stereocenters. The Hall–Kier alpha value is -0.700. The van der Waals surface area contributed by atoms with Crippen molar-refractivity contribution in [2.24, 2.45) is 17.0 Å². The molecule has 8 heteroatoms. The Labute approximate surface area is 120 Å². The first-order valence-electron chi connectivity index (χ1n) is 7.22. The molecule has 116 valence electrons. The maximum atomic E-state index is 12.4.